The van der Waals surface area contributed by atoms with Crippen LogP contribution in [0, 0.1) is 0 Å². The zero-order chi connectivity index (χ0) is 19.7. The molecule has 0 radical (unpaired) electrons. The number of anilines is 2. The number of hydrogen-bond acceptors (Lipinski definition) is 4. The molecule has 3 heterocycles. The summed E-state index contributed by atoms with van der Waals surface area (Å²) in [5.41, 5.74) is 2.83. The van der Waals surface area contributed by atoms with Crippen molar-refractivity contribution in [3.8, 4) is 0 Å². The van der Waals surface area contributed by atoms with E-state index in [-0.39, 0.29) is 17.5 Å². The van der Waals surface area contributed by atoms with Gasteiger partial charge in [-0.15, -0.1) is 0 Å². The summed E-state index contributed by atoms with van der Waals surface area (Å²) in [5, 5.41) is 7.01. The predicted octanol–water partition coefficient (Wildman–Crippen LogP) is 3.27. The van der Waals surface area contributed by atoms with Gasteiger partial charge in [-0.1, -0.05) is 19.1 Å². The molecule has 148 valence electrons. The van der Waals surface area contributed by atoms with Crippen LogP contribution in [0.4, 0.5) is 16.2 Å². The molecule has 1 aromatic carbocycles. The Morgan fingerprint density at radius 2 is 2.00 bits per heavy atom. The molecule has 2 aliphatic rings. The number of nitrogens with one attached hydrogen (secondary N) is 1. The highest BCUT2D eigenvalue weighted by molar-refractivity contribution is 7.08. The first kappa shape index (κ1) is 19.0. The van der Waals surface area contributed by atoms with Crippen LogP contribution in [0.1, 0.15) is 18.9 Å². The van der Waals surface area contributed by atoms with Gasteiger partial charge in [-0.3, -0.25) is 9.69 Å². The van der Waals surface area contributed by atoms with E-state index >= 15 is 0 Å². The standard InChI is InChI=1S/C21H26N4O2S/c1-3-16-4-6-17(7-5-16)22-20(27)24-10-9-21(14-24)15-25(18-8-11-28-13-18)19(26)12-23(21)2/h4-8,11,13H,3,9-10,12,14-15H2,1-2H3,(H,22,27)/t21-/m0/s1. The zero-order valence-electron chi connectivity index (χ0n) is 16.4. The quantitative estimate of drug-likeness (QED) is 0.863. The summed E-state index contributed by atoms with van der Waals surface area (Å²) in [6.45, 7) is 4.42. The normalized spacial score (nSPS) is 22.9. The molecule has 1 N–H and O–H groups in total. The number of urea groups is 1. The molecule has 7 heteroatoms. The summed E-state index contributed by atoms with van der Waals surface area (Å²) >= 11 is 1.59. The van der Waals surface area contributed by atoms with E-state index in [2.05, 4.69) is 17.1 Å². The van der Waals surface area contributed by atoms with Crippen molar-refractivity contribution in [3.63, 3.8) is 0 Å². The number of aryl methyl sites for hydroxylation is 1. The second-order valence-corrected chi connectivity index (χ2v) is 8.47. The fourth-order valence-corrected chi connectivity index (χ4v) is 4.74. The number of piperazine rings is 1. The largest absolute Gasteiger partial charge is 0.323 e. The van der Waals surface area contributed by atoms with E-state index in [4.69, 9.17) is 0 Å². The van der Waals surface area contributed by atoms with E-state index in [0.29, 0.717) is 26.2 Å². The van der Waals surface area contributed by atoms with E-state index in [1.165, 1.54) is 5.56 Å². The van der Waals surface area contributed by atoms with Crippen molar-refractivity contribution < 1.29 is 9.59 Å². The lowest BCUT2D eigenvalue weighted by molar-refractivity contribution is -0.123. The molecule has 2 aromatic rings. The first-order chi connectivity index (χ1) is 13.5. The van der Waals surface area contributed by atoms with Crippen molar-refractivity contribution in [2.75, 3.05) is 43.4 Å². The van der Waals surface area contributed by atoms with Crippen molar-refractivity contribution in [2.24, 2.45) is 0 Å². The molecule has 1 spiro atoms. The van der Waals surface area contributed by atoms with Gasteiger partial charge in [0.15, 0.2) is 0 Å². The molecule has 4 rings (SSSR count). The molecule has 1 aromatic heterocycles. The molecule has 6 nitrogen and oxygen atoms in total. The highest BCUT2D eigenvalue weighted by Gasteiger charge is 2.48. The summed E-state index contributed by atoms with van der Waals surface area (Å²) in [5.74, 6) is 0.116. The molecule has 0 aliphatic carbocycles. The lowest BCUT2D eigenvalue weighted by Crippen LogP contribution is -2.64. The number of amides is 3. The summed E-state index contributed by atoms with van der Waals surface area (Å²) in [6, 6.07) is 9.90. The maximum absolute atomic E-state index is 12.8. The molecule has 2 saturated heterocycles. The van der Waals surface area contributed by atoms with Gasteiger partial charge in [-0.2, -0.15) is 11.3 Å². The highest BCUT2D eigenvalue weighted by Crippen LogP contribution is 2.34. The Balaban J connectivity index is 1.45. The zero-order valence-corrected chi connectivity index (χ0v) is 17.2. The Bertz CT molecular complexity index is 852. The van der Waals surface area contributed by atoms with Crippen molar-refractivity contribution in [1.82, 2.24) is 9.80 Å². The molecular weight excluding hydrogens is 372 g/mol. The van der Waals surface area contributed by atoms with Gasteiger partial charge in [-0.05, 0) is 49.0 Å². The molecule has 0 bridgehead atoms. The van der Waals surface area contributed by atoms with Crippen molar-refractivity contribution in [2.45, 2.75) is 25.3 Å². The molecule has 2 aliphatic heterocycles. The van der Waals surface area contributed by atoms with Crippen LogP contribution in [0.5, 0.6) is 0 Å². The number of benzene rings is 1. The van der Waals surface area contributed by atoms with Gasteiger partial charge in [0.2, 0.25) is 5.91 Å². The van der Waals surface area contributed by atoms with Crippen LogP contribution in [0.25, 0.3) is 0 Å². The van der Waals surface area contributed by atoms with Gasteiger partial charge < -0.3 is 15.1 Å². The summed E-state index contributed by atoms with van der Waals surface area (Å²) in [7, 11) is 1.99. The van der Waals surface area contributed by atoms with Crippen molar-refractivity contribution >= 4 is 34.6 Å². The second-order valence-electron chi connectivity index (χ2n) is 7.69. The van der Waals surface area contributed by atoms with E-state index in [1.54, 1.807) is 11.3 Å². The maximum atomic E-state index is 12.8. The fraction of sp³-hybridized carbons (Fsp3) is 0.429. The van der Waals surface area contributed by atoms with Gasteiger partial charge >= 0.3 is 6.03 Å². The summed E-state index contributed by atoms with van der Waals surface area (Å²) in [4.78, 5) is 31.2. The number of likely N-dealkylation sites (tertiary alicyclic amines) is 1. The third-order valence-corrected chi connectivity index (χ3v) is 6.66. The van der Waals surface area contributed by atoms with E-state index in [0.717, 1.165) is 24.2 Å². The molecule has 28 heavy (non-hydrogen) atoms. The number of carbonyl (C=O) groups is 2. The van der Waals surface area contributed by atoms with Crippen LogP contribution in [0.2, 0.25) is 0 Å². The van der Waals surface area contributed by atoms with Crippen LogP contribution in [-0.2, 0) is 11.2 Å². The monoisotopic (exact) mass is 398 g/mol. The Labute approximate surface area is 169 Å². The van der Waals surface area contributed by atoms with Crippen LogP contribution >= 0.6 is 11.3 Å². The highest BCUT2D eigenvalue weighted by atomic mass is 32.1. The Kier molecular flexibility index (Phi) is 5.12. The fourth-order valence-electron chi connectivity index (χ4n) is 4.10. The smallest absolute Gasteiger partial charge is 0.321 e. The van der Waals surface area contributed by atoms with E-state index in [9.17, 15) is 9.59 Å². The number of thiophene rings is 1. The number of likely N-dealkylation sites (N-methyl/N-ethyl adjacent to an activating group) is 1. The number of nitrogens with zero attached hydrogens (tertiary/aromatic N) is 3. The van der Waals surface area contributed by atoms with Gasteiger partial charge in [0.05, 0.1) is 17.8 Å². The molecule has 1 atom stereocenters. The SMILES string of the molecule is CCc1ccc(NC(=O)N2CC[C@]3(C2)CN(c2ccsc2)C(=O)CN3C)cc1. The summed E-state index contributed by atoms with van der Waals surface area (Å²) in [6.07, 6.45) is 1.84. The Hall–Kier alpha value is -2.38. The second kappa shape index (κ2) is 7.56. The number of rotatable bonds is 3. The van der Waals surface area contributed by atoms with Crippen LogP contribution in [0.3, 0.4) is 0 Å². The average Bonchev–Trinajstić information content (AvgIpc) is 3.36. The maximum Gasteiger partial charge on any atom is 0.321 e. The molecule has 0 saturated carbocycles. The Morgan fingerprint density at radius 1 is 1.21 bits per heavy atom. The van der Waals surface area contributed by atoms with Crippen LogP contribution < -0.4 is 10.2 Å². The van der Waals surface area contributed by atoms with Crippen LogP contribution in [0.15, 0.2) is 41.1 Å². The van der Waals surface area contributed by atoms with Crippen LogP contribution in [-0.4, -0.2) is 60.5 Å². The third kappa shape index (κ3) is 3.52. The van der Waals surface area contributed by atoms with Gasteiger partial charge in [0.1, 0.15) is 0 Å². The van der Waals surface area contributed by atoms with Gasteiger partial charge in [0, 0.05) is 30.7 Å². The first-order valence-corrected chi connectivity index (χ1v) is 10.6. The average molecular weight is 399 g/mol. The molecule has 3 amide bonds. The van der Waals surface area contributed by atoms with Crippen molar-refractivity contribution in [3.05, 3.63) is 46.7 Å². The van der Waals surface area contributed by atoms with E-state index in [1.807, 2.05) is 57.9 Å². The number of carbonyl (C=O) groups excluding carboxylic acids is 2. The minimum Gasteiger partial charge on any atom is -0.323 e. The third-order valence-electron chi connectivity index (χ3n) is 5.99. The molecule has 2 fully saturated rings. The van der Waals surface area contributed by atoms with E-state index < -0.39 is 0 Å². The van der Waals surface area contributed by atoms with Crippen molar-refractivity contribution in [1.29, 1.82) is 0 Å². The predicted molar refractivity (Wildman–Crippen MR) is 113 cm³/mol. The molecular formula is C21H26N4O2S. The summed E-state index contributed by atoms with van der Waals surface area (Å²) < 4.78 is 0. The van der Waals surface area contributed by atoms with Gasteiger partial charge in [0.25, 0.3) is 0 Å². The first-order valence-electron chi connectivity index (χ1n) is 9.69. The topological polar surface area (TPSA) is 55.9 Å². The van der Waals surface area contributed by atoms with Gasteiger partial charge in [-0.25, -0.2) is 4.79 Å². The minimum absolute atomic E-state index is 0.0755. The number of hydrogen-bond donors (Lipinski definition) is 1. The Morgan fingerprint density at radius 3 is 2.68 bits per heavy atom. The molecule has 0 unspecified atom stereocenters. The minimum atomic E-state index is -0.195. The lowest BCUT2D eigenvalue weighted by Gasteiger charge is -2.46. The lowest BCUT2D eigenvalue weighted by atomic mass is 9.93.